The Hall–Kier alpha value is -4.01. The Kier molecular flexibility index (Phi) is 4.11. The van der Waals surface area contributed by atoms with Gasteiger partial charge < -0.3 is 10.2 Å². The molecule has 0 saturated heterocycles. The number of benzene rings is 2. The van der Waals surface area contributed by atoms with Crippen LogP contribution in [0.1, 0.15) is 21.9 Å². The number of aromatic nitrogens is 5. The second-order valence-electron chi connectivity index (χ2n) is 6.23. The molecular weight excluding hydrogens is 362 g/mol. The van der Waals surface area contributed by atoms with Crippen LogP contribution in [0.3, 0.4) is 0 Å². The number of fused-ring (bicyclic) bond motifs is 1. The number of carbonyl (C=O) groups is 1. The second kappa shape index (κ2) is 6.62. The first-order valence-corrected chi connectivity index (χ1v) is 8.38. The molecule has 0 aliphatic rings. The van der Waals surface area contributed by atoms with Crippen molar-refractivity contribution in [1.29, 1.82) is 0 Å². The quantitative estimate of drug-likeness (QED) is 0.555. The summed E-state index contributed by atoms with van der Waals surface area (Å²) >= 11 is 0. The third kappa shape index (κ3) is 2.98. The van der Waals surface area contributed by atoms with Gasteiger partial charge in [0.15, 0.2) is 0 Å². The van der Waals surface area contributed by atoms with Crippen molar-refractivity contribution in [3.63, 3.8) is 0 Å². The number of carboxylic acids is 1. The van der Waals surface area contributed by atoms with Gasteiger partial charge in [0.1, 0.15) is 23.0 Å². The Labute approximate surface area is 158 Å². The summed E-state index contributed by atoms with van der Waals surface area (Å²) in [6.45, 7) is 1.88. The van der Waals surface area contributed by atoms with Crippen LogP contribution in [0.15, 0.2) is 53.5 Å². The fourth-order valence-corrected chi connectivity index (χ4v) is 2.96. The fraction of sp³-hybridized carbons (Fsp3) is 0.105. The topological polar surface area (TPSA) is 123 Å². The van der Waals surface area contributed by atoms with Gasteiger partial charge in [-0.3, -0.25) is 9.36 Å². The summed E-state index contributed by atoms with van der Waals surface area (Å²) in [7, 11) is 0. The van der Waals surface area contributed by atoms with Crippen molar-refractivity contribution in [2.45, 2.75) is 13.5 Å². The minimum Gasteiger partial charge on any atom is -0.506 e. The number of para-hydroxylation sites is 1. The van der Waals surface area contributed by atoms with Gasteiger partial charge in [0, 0.05) is 0 Å². The van der Waals surface area contributed by atoms with E-state index in [9.17, 15) is 14.7 Å². The molecular formula is C19H15N5O4. The highest BCUT2D eigenvalue weighted by Crippen LogP contribution is 2.22. The monoisotopic (exact) mass is 377 g/mol. The molecule has 0 aliphatic heterocycles. The SMILES string of the molecule is Cc1nc2ccccc2c(=O)n1Cc1cn(-c2cc(C(=O)O)ccc2O)nn1. The van der Waals surface area contributed by atoms with Crippen molar-refractivity contribution < 1.29 is 15.0 Å². The molecule has 140 valence electrons. The number of rotatable bonds is 4. The van der Waals surface area contributed by atoms with Gasteiger partial charge in [-0.2, -0.15) is 0 Å². The van der Waals surface area contributed by atoms with Crippen LogP contribution in [0, 0.1) is 6.92 Å². The van der Waals surface area contributed by atoms with Gasteiger partial charge in [-0.1, -0.05) is 17.3 Å². The van der Waals surface area contributed by atoms with Gasteiger partial charge in [-0.25, -0.2) is 14.5 Å². The minimum atomic E-state index is -1.12. The lowest BCUT2D eigenvalue weighted by Gasteiger charge is -2.09. The number of aromatic hydroxyl groups is 1. The summed E-state index contributed by atoms with van der Waals surface area (Å²) in [4.78, 5) is 28.4. The predicted molar refractivity (Wildman–Crippen MR) is 99.8 cm³/mol. The van der Waals surface area contributed by atoms with E-state index in [0.29, 0.717) is 22.4 Å². The molecule has 0 fully saturated rings. The number of phenols is 1. The van der Waals surface area contributed by atoms with Crippen LogP contribution in [0.2, 0.25) is 0 Å². The van der Waals surface area contributed by atoms with Crippen LogP contribution in [0.4, 0.5) is 0 Å². The summed E-state index contributed by atoms with van der Waals surface area (Å²) in [5, 5.41) is 27.6. The van der Waals surface area contributed by atoms with E-state index in [4.69, 9.17) is 5.11 Å². The van der Waals surface area contributed by atoms with Gasteiger partial charge >= 0.3 is 5.97 Å². The molecule has 0 saturated carbocycles. The standard InChI is InChI=1S/C19H15N5O4/c1-11-20-15-5-3-2-4-14(15)18(26)23(11)9-13-10-24(22-21-13)16-8-12(19(27)28)6-7-17(16)25/h2-8,10,25H,9H2,1H3,(H,27,28). The highest BCUT2D eigenvalue weighted by Gasteiger charge is 2.14. The van der Waals surface area contributed by atoms with Crippen LogP contribution in [0.5, 0.6) is 5.75 Å². The Balaban J connectivity index is 1.72. The van der Waals surface area contributed by atoms with E-state index in [1.54, 1.807) is 25.1 Å². The predicted octanol–water partition coefficient (Wildman–Crippen LogP) is 1.74. The lowest BCUT2D eigenvalue weighted by Crippen LogP contribution is -2.24. The largest absolute Gasteiger partial charge is 0.506 e. The molecule has 4 aromatic rings. The molecule has 0 radical (unpaired) electrons. The van der Waals surface area contributed by atoms with E-state index >= 15 is 0 Å². The number of hydrogen-bond donors (Lipinski definition) is 2. The van der Waals surface area contributed by atoms with Crippen molar-refractivity contribution in [3.05, 3.63) is 76.1 Å². The van der Waals surface area contributed by atoms with Crippen molar-refractivity contribution in [1.82, 2.24) is 24.5 Å². The first-order chi connectivity index (χ1) is 13.4. The molecule has 0 unspecified atom stereocenters. The molecule has 0 amide bonds. The Morgan fingerprint density at radius 2 is 1.96 bits per heavy atom. The average molecular weight is 377 g/mol. The number of nitrogens with zero attached hydrogens (tertiary/aromatic N) is 5. The van der Waals surface area contributed by atoms with Crippen molar-refractivity contribution >= 4 is 16.9 Å². The number of carboxylic acid groups (broad SMARTS) is 1. The number of hydrogen-bond acceptors (Lipinski definition) is 6. The van der Waals surface area contributed by atoms with Crippen molar-refractivity contribution in [2.75, 3.05) is 0 Å². The number of aryl methyl sites for hydroxylation is 1. The third-order valence-electron chi connectivity index (χ3n) is 4.38. The summed E-state index contributed by atoms with van der Waals surface area (Å²) in [6, 6.07) is 11.0. The van der Waals surface area contributed by atoms with E-state index in [1.807, 2.05) is 6.07 Å². The van der Waals surface area contributed by atoms with Crippen LogP contribution in [0.25, 0.3) is 16.6 Å². The summed E-state index contributed by atoms with van der Waals surface area (Å²) < 4.78 is 2.76. The van der Waals surface area contributed by atoms with Crippen LogP contribution in [-0.4, -0.2) is 40.7 Å². The molecule has 4 rings (SSSR count). The average Bonchev–Trinajstić information content (AvgIpc) is 3.14. The molecule has 0 spiro atoms. The normalized spacial score (nSPS) is 11.0. The van der Waals surface area contributed by atoms with Crippen LogP contribution < -0.4 is 5.56 Å². The molecule has 0 bridgehead atoms. The first-order valence-electron chi connectivity index (χ1n) is 8.38. The smallest absolute Gasteiger partial charge is 0.335 e. The van der Waals surface area contributed by atoms with Crippen molar-refractivity contribution in [2.24, 2.45) is 0 Å². The molecule has 28 heavy (non-hydrogen) atoms. The minimum absolute atomic E-state index is 0.00985. The zero-order chi connectivity index (χ0) is 19.8. The van der Waals surface area contributed by atoms with E-state index in [-0.39, 0.29) is 29.1 Å². The molecule has 0 atom stereocenters. The van der Waals surface area contributed by atoms with Crippen LogP contribution in [-0.2, 0) is 6.54 Å². The maximum atomic E-state index is 12.8. The molecule has 9 nitrogen and oxygen atoms in total. The first kappa shape index (κ1) is 17.4. The Morgan fingerprint density at radius 1 is 1.18 bits per heavy atom. The maximum Gasteiger partial charge on any atom is 0.335 e. The third-order valence-corrected chi connectivity index (χ3v) is 4.38. The lowest BCUT2D eigenvalue weighted by molar-refractivity contribution is 0.0697. The number of aromatic carboxylic acids is 1. The molecule has 2 heterocycles. The number of phenolic OH excluding ortho intramolecular Hbond substituents is 1. The van der Waals surface area contributed by atoms with Gasteiger partial charge in [-0.05, 0) is 37.3 Å². The van der Waals surface area contributed by atoms with Crippen LogP contribution >= 0.6 is 0 Å². The zero-order valence-electron chi connectivity index (χ0n) is 14.8. The highest BCUT2D eigenvalue weighted by atomic mass is 16.4. The Morgan fingerprint density at radius 3 is 2.75 bits per heavy atom. The fourth-order valence-electron chi connectivity index (χ4n) is 2.96. The van der Waals surface area contributed by atoms with E-state index < -0.39 is 5.97 Å². The van der Waals surface area contributed by atoms with E-state index in [1.165, 1.54) is 33.6 Å². The molecule has 2 N–H and O–H groups in total. The van der Waals surface area contributed by atoms with Gasteiger partial charge in [-0.15, -0.1) is 5.10 Å². The molecule has 2 aromatic carbocycles. The van der Waals surface area contributed by atoms with Crippen molar-refractivity contribution in [3.8, 4) is 11.4 Å². The second-order valence-corrected chi connectivity index (χ2v) is 6.23. The van der Waals surface area contributed by atoms with Gasteiger partial charge in [0.25, 0.3) is 5.56 Å². The molecule has 2 aromatic heterocycles. The summed E-state index contributed by atoms with van der Waals surface area (Å²) in [5.74, 6) is -0.720. The summed E-state index contributed by atoms with van der Waals surface area (Å²) in [5.41, 5.74) is 1.09. The molecule has 0 aliphatic carbocycles. The maximum absolute atomic E-state index is 12.8. The zero-order valence-corrected chi connectivity index (χ0v) is 14.8. The van der Waals surface area contributed by atoms with E-state index in [2.05, 4.69) is 15.3 Å². The van der Waals surface area contributed by atoms with Gasteiger partial charge in [0.2, 0.25) is 0 Å². The Bertz CT molecular complexity index is 1280. The molecule has 9 heteroatoms. The van der Waals surface area contributed by atoms with E-state index in [0.717, 1.165) is 0 Å². The lowest BCUT2D eigenvalue weighted by atomic mass is 10.2. The highest BCUT2D eigenvalue weighted by molar-refractivity contribution is 5.88. The van der Waals surface area contributed by atoms with Gasteiger partial charge in [0.05, 0.1) is 29.2 Å². The summed E-state index contributed by atoms with van der Waals surface area (Å²) in [6.07, 6.45) is 1.53.